The van der Waals surface area contributed by atoms with Gasteiger partial charge in [-0.3, -0.25) is 4.79 Å². The van der Waals surface area contributed by atoms with Crippen molar-refractivity contribution in [3.8, 4) is 0 Å². The molecule has 1 amide bonds. The van der Waals surface area contributed by atoms with E-state index in [9.17, 15) is 13.6 Å². The Balaban J connectivity index is 2.39. The third kappa shape index (κ3) is 2.11. The van der Waals surface area contributed by atoms with Crippen molar-refractivity contribution in [2.45, 2.75) is 12.5 Å². The zero-order valence-corrected chi connectivity index (χ0v) is 5.87. The third-order valence-corrected chi connectivity index (χ3v) is 1.55. The van der Waals surface area contributed by atoms with Crippen LogP contribution in [-0.2, 0) is 9.53 Å². The highest BCUT2D eigenvalue weighted by Gasteiger charge is 2.26. The van der Waals surface area contributed by atoms with Crippen LogP contribution in [0.2, 0.25) is 0 Å². The molecule has 1 aliphatic rings. The molecule has 0 saturated carbocycles. The number of hydrogen-bond acceptors (Lipinski definition) is 2. The summed E-state index contributed by atoms with van der Waals surface area (Å²) in [7, 11) is 0. The molecule has 0 radical (unpaired) electrons. The molecule has 0 N–H and O–H groups in total. The Morgan fingerprint density at radius 3 is 2.91 bits per heavy atom. The van der Waals surface area contributed by atoms with E-state index in [2.05, 4.69) is 0 Å². The first-order chi connectivity index (χ1) is 5.24. The molecule has 1 aliphatic heterocycles. The molecule has 64 valence electrons. The summed E-state index contributed by atoms with van der Waals surface area (Å²) in [5, 5.41) is 0. The van der Waals surface area contributed by atoms with Gasteiger partial charge in [0.15, 0.2) is 0 Å². The van der Waals surface area contributed by atoms with Crippen molar-refractivity contribution < 1.29 is 18.3 Å². The fourth-order valence-corrected chi connectivity index (χ4v) is 0.945. The Morgan fingerprint density at radius 1 is 1.64 bits per heavy atom. The summed E-state index contributed by atoms with van der Waals surface area (Å²) in [6.45, 7) is 0.613. The van der Waals surface area contributed by atoms with Gasteiger partial charge in [0.2, 0.25) is 6.41 Å². The molecular weight excluding hydrogens is 156 g/mol. The maximum absolute atomic E-state index is 12.0. The largest absolute Gasteiger partial charge is 0.369 e. The molecule has 0 unspecified atom stereocenters. The summed E-state index contributed by atoms with van der Waals surface area (Å²) in [5.74, 6) is 0. The standard InChI is InChI=1S/C6H9F2NO2/c7-6(8)5-3-9(4-10)1-2-11-5/h4-6H,1-3H2/t5-/m0/s1. The van der Waals surface area contributed by atoms with Gasteiger partial charge in [0.05, 0.1) is 13.2 Å². The van der Waals surface area contributed by atoms with Crippen molar-refractivity contribution in [2.75, 3.05) is 19.7 Å². The second kappa shape index (κ2) is 3.61. The fraction of sp³-hybridized carbons (Fsp3) is 0.833. The van der Waals surface area contributed by atoms with Crippen LogP contribution < -0.4 is 0 Å². The van der Waals surface area contributed by atoms with Crippen LogP contribution in [-0.4, -0.2) is 43.5 Å². The van der Waals surface area contributed by atoms with Crippen LogP contribution in [0.15, 0.2) is 0 Å². The number of morpholine rings is 1. The van der Waals surface area contributed by atoms with Crippen LogP contribution in [0.25, 0.3) is 0 Å². The van der Waals surface area contributed by atoms with Crippen LogP contribution in [0.1, 0.15) is 0 Å². The lowest BCUT2D eigenvalue weighted by molar-refractivity contribution is -0.134. The Morgan fingerprint density at radius 2 is 2.36 bits per heavy atom. The first-order valence-electron chi connectivity index (χ1n) is 3.33. The molecule has 5 heteroatoms. The van der Waals surface area contributed by atoms with Gasteiger partial charge in [0.1, 0.15) is 6.10 Å². The van der Waals surface area contributed by atoms with Crippen molar-refractivity contribution >= 4 is 6.41 Å². The van der Waals surface area contributed by atoms with Crippen molar-refractivity contribution in [1.82, 2.24) is 4.90 Å². The lowest BCUT2D eigenvalue weighted by Gasteiger charge is -2.29. The molecular formula is C6H9F2NO2. The summed E-state index contributed by atoms with van der Waals surface area (Å²) < 4.78 is 28.6. The van der Waals surface area contributed by atoms with Crippen LogP contribution in [0.5, 0.6) is 0 Å². The highest BCUT2D eigenvalue weighted by Crippen LogP contribution is 2.10. The number of amides is 1. The maximum atomic E-state index is 12.0. The summed E-state index contributed by atoms with van der Waals surface area (Å²) in [5.41, 5.74) is 0. The van der Waals surface area contributed by atoms with Gasteiger partial charge < -0.3 is 9.64 Å². The first kappa shape index (κ1) is 8.39. The van der Waals surface area contributed by atoms with Gasteiger partial charge in [0.25, 0.3) is 6.43 Å². The average molecular weight is 165 g/mol. The number of ether oxygens (including phenoxy) is 1. The van der Waals surface area contributed by atoms with E-state index in [1.54, 1.807) is 0 Å². The summed E-state index contributed by atoms with van der Waals surface area (Å²) >= 11 is 0. The van der Waals surface area contributed by atoms with Crippen LogP contribution in [0, 0.1) is 0 Å². The molecule has 1 rings (SSSR count). The van der Waals surface area contributed by atoms with Crippen molar-refractivity contribution in [3.63, 3.8) is 0 Å². The molecule has 11 heavy (non-hydrogen) atoms. The second-order valence-electron chi connectivity index (χ2n) is 2.34. The Kier molecular flexibility index (Phi) is 2.76. The minimum Gasteiger partial charge on any atom is -0.369 e. The van der Waals surface area contributed by atoms with Crippen LogP contribution in [0.3, 0.4) is 0 Å². The van der Waals surface area contributed by atoms with Crippen molar-refractivity contribution in [1.29, 1.82) is 0 Å². The lowest BCUT2D eigenvalue weighted by Crippen LogP contribution is -2.44. The molecule has 0 aromatic rings. The third-order valence-electron chi connectivity index (χ3n) is 1.55. The molecule has 0 aromatic carbocycles. The van der Waals surface area contributed by atoms with Gasteiger partial charge in [-0.15, -0.1) is 0 Å². The van der Waals surface area contributed by atoms with Crippen LogP contribution in [0.4, 0.5) is 8.78 Å². The summed E-state index contributed by atoms with van der Waals surface area (Å²) in [4.78, 5) is 11.4. The highest BCUT2D eigenvalue weighted by molar-refractivity contribution is 5.47. The second-order valence-corrected chi connectivity index (χ2v) is 2.34. The van der Waals surface area contributed by atoms with Crippen LogP contribution >= 0.6 is 0 Å². The normalized spacial score (nSPS) is 25.7. The Hall–Kier alpha value is -0.710. The van der Waals surface area contributed by atoms with Gasteiger partial charge in [-0.1, -0.05) is 0 Å². The number of carbonyl (C=O) groups excluding carboxylic acids is 1. The predicted octanol–water partition coefficient (Wildman–Crippen LogP) is 0.109. The lowest BCUT2D eigenvalue weighted by atomic mass is 10.3. The highest BCUT2D eigenvalue weighted by atomic mass is 19.3. The van der Waals surface area contributed by atoms with Gasteiger partial charge >= 0.3 is 0 Å². The molecule has 0 bridgehead atoms. The molecule has 1 saturated heterocycles. The molecule has 3 nitrogen and oxygen atoms in total. The van der Waals surface area contributed by atoms with Crippen molar-refractivity contribution in [3.05, 3.63) is 0 Å². The number of hydrogen-bond donors (Lipinski definition) is 0. The topological polar surface area (TPSA) is 29.5 Å². The van der Waals surface area contributed by atoms with Gasteiger partial charge in [0, 0.05) is 6.54 Å². The van der Waals surface area contributed by atoms with E-state index in [-0.39, 0.29) is 13.2 Å². The maximum Gasteiger partial charge on any atom is 0.266 e. The minimum absolute atomic E-state index is 0.00116. The monoisotopic (exact) mass is 165 g/mol. The van der Waals surface area contributed by atoms with Gasteiger partial charge in [-0.25, -0.2) is 8.78 Å². The zero-order chi connectivity index (χ0) is 8.27. The first-order valence-corrected chi connectivity index (χ1v) is 3.33. The molecule has 1 heterocycles. The molecule has 1 atom stereocenters. The minimum atomic E-state index is -2.50. The van der Waals surface area contributed by atoms with E-state index in [1.807, 2.05) is 0 Å². The smallest absolute Gasteiger partial charge is 0.266 e. The van der Waals surface area contributed by atoms with Crippen molar-refractivity contribution in [2.24, 2.45) is 0 Å². The van der Waals surface area contributed by atoms with Gasteiger partial charge in [-0.05, 0) is 0 Å². The zero-order valence-electron chi connectivity index (χ0n) is 5.87. The molecule has 0 aliphatic carbocycles. The van der Waals surface area contributed by atoms with E-state index in [4.69, 9.17) is 4.74 Å². The SMILES string of the molecule is O=CN1CCO[C@H](C(F)F)C1. The Bertz CT molecular complexity index is 143. The number of carbonyl (C=O) groups is 1. The summed E-state index contributed by atoms with van der Waals surface area (Å²) in [6.07, 6.45) is -3.04. The number of rotatable bonds is 2. The van der Waals surface area contributed by atoms with E-state index in [1.165, 1.54) is 4.90 Å². The number of nitrogens with zero attached hydrogens (tertiary/aromatic N) is 1. The van der Waals surface area contributed by atoms with E-state index < -0.39 is 12.5 Å². The number of alkyl halides is 2. The predicted molar refractivity (Wildman–Crippen MR) is 33.4 cm³/mol. The van der Waals surface area contributed by atoms with Gasteiger partial charge in [-0.2, -0.15) is 0 Å². The average Bonchev–Trinajstić information content (AvgIpc) is 2.05. The molecule has 0 spiro atoms. The summed E-state index contributed by atoms with van der Waals surface area (Å²) in [6, 6.07) is 0. The molecule has 1 fully saturated rings. The number of halogens is 2. The van der Waals surface area contributed by atoms with E-state index in [0.717, 1.165) is 0 Å². The fourth-order valence-electron chi connectivity index (χ4n) is 0.945. The van der Waals surface area contributed by atoms with E-state index >= 15 is 0 Å². The quantitative estimate of drug-likeness (QED) is 0.543. The Labute approximate surface area is 62.9 Å². The molecule has 0 aromatic heterocycles. The van der Waals surface area contributed by atoms with E-state index in [0.29, 0.717) is 13.0 Å².